The SMILES string of the molecule is Cc1c(NC(=O)C(Sc2cccc(NC(=O)/C(=C\c3c(F)cccc3Cl)NC(=O)c3ccccc3)c2)c2ccccc2)c(=O)n(-c2ccccc2)n1C. The molecule has 1 aromatic heterocycles. The topological polar surface area (TPSA) is 114 Å². The molecule has 266 valence electrons. The smallest absolute Gasteiger partial charge is 0.295 e. The van der Waals surface area contributed by atoms with E-state index < -0.39 is 28.8 Å². The van der Waals surface area contributed by atoms with Crippen molar-refractivity contribution in [3.63, 3.8) is 0 Å². The van der Waals surface area contributed by atoms with Crippen molar-refractivity contribution in [3.8, 4) is 5.69 Å². The standard InChI is InChI=1S/C41H33ClFN5O4S/c1-26-36(41(52)48(47(26)2)30-19-10-5-11-20-30)46-40(51)37(27-14-6-3-7-15-27)53-31-21-12-18-29(24-31)44-39(50)35(25-32-33(42)22-13-23-34(32)43)45-38(49)28-16-8-4-9-17-28/h3-25,37H,1-2H3,(H,44,50)(H,45,49)(H,46,51)/b35-25+. The molecule has 3 N–H and O–H groups in total. The second kappa shape index (κ2) is 16.4. The Morgan fingerprint density at radius 3 is 2.13 bits per heavy atom. The molecule has 53 heavy (non-hydrogen) atoms. The molecule has 0 bridgehead atoms. The van der Waals surface area contributed by atoms with Crippen molar-refractivity contribution in [2.24, 2.45) is 7.05 Å². The quantitative estimate of drug-likeness (QED) is 0.0915. The van der Waals surface area contributed by atoms with Crippen molar-refractivity contribution in [1.82, 2.24) is 14.7 Å². The molecule has 0 saturated carbocycles. The third-order valence-electron chi connectivity index (χ3n) is 8.31. The monoisotopic (exact) mass is 745 g/mol. The highest BCUT2D eigenvalue weighted by Gasteiger charge is 2.26. The van der Waals surface area contributed by atoms with Gasteiger partial charge in [0.15, 0.2) is 0 Å². The van der Waals surface area contributed by atoms with Crippen LogP contribution in [-0.4, -0.2) is 27.1 Å². The zero-order chi connectivity index (χ0) is 37.5. The summed E-state index contributed by atoms with van der Waals surface area (Å²) < 4.78 is 18.0. The first-order valence-electron chi connectivity index (χ1n) is 16.4. The Morgan fingerprint density at radius 1 is 0.811 bits per heavy atom. The number of anilines is 2. The molecule has 1 heterocycles. The lowest BCUT2D eigenvalue weighted by atomic mass is 10.1. The van der Waals surface area contributed by atoms with Crippen LogP contribution >= 0.6 is 23.4 Å². The Labute approximate surface area is 314 Å². The summed E-state index contributed by atoms with van der Waals surface area (Å²) in [6, 6.07) is 37.5. The number of amides is 3. The summed E-state index contributed by atoms with van der Waals surface area (Å²) in [4.78, 5) is 55.0. The minimum Gasteiger partial charge on any atom is -0.321 e. The van der Waals surface area contributed by atoms with E-state index in [0.29, 0.717) is 33.1 Å². The maximum atomic E-state index is 14.8. The van der Waals surface area contributed by atoms with Gasteiger partial charge in [-0.15, -0.1) is 11.8 Å². The summed E-state index contributed by atoms with van der Waals surface area (Å²) in [6.45, 7) is 1.76. The molecule has 0 spiro atoms. The molecule has 0 aliphatic rings. The summed E-state index contributed by atoms with van der Waals surface area (Å²) in [5.74, 6) is -2.41. The Balaban J connectivity index is 1.27. The van der Waals surface area contributed by atoms with Crippen molar-refractivity contribution < 1.29 is 18.8 Å². The number of para-hydroxylation sites is 1. The summed E-state index contributed by atoms with van der Waals surface area (Å²) in [5.41, 5.74) is 2.04. The van der Waals surface area contributed by atoms with Crippen LogP contribution in [0.4, 0.5) is 15.8 Å². The van der Waals surface area contributed by atoms with Crippen molar-refractivity contribution in [1.29, 1.82) is 0 Å². The molecule has 1 atom stereocenters. The Bertz CT molecular complexity index is 2360. The first-order valence-corrected chi connectivity index (χ1v) is 17.7. The fourth-order valence-corrected chi connectivity index (χ4v) is 6.82. The third-order valence-corrected chi connectivity index (χ3v) is 9.88. The van der Waals surface area contributed by atoms with E-state index in [1.54, 1.807) is 73.3 Å². The molecule has 0 aliphatic carbocycles. The molecule has 6 rings (SSSR count). The fourth-order valence-electron chi connectivity index (χ4n) is 5.52. The highest BCUT2D eigenvalue weighted by atomic mass is 35.5. The highest BCUT2D eigenvalue weighted by Crippen LogP contribution is 2.37. The van der Waals surface area contributed by atoms with Gasteiger partial charge in [-0.2, -0.15) is 0 Å². The van der Waals surface area contributed by atoms with E-state index in [9.17, 15) is 23.6 Å². The summed E-state index contributed by atoms with van der Waals surface area (Å²) in [7, 11) is 1.75. The van der Waals surface area contributed by atoms with Crippen LogP contribution in [-0.2, 0) is 16.6 Å². The van der Waals surface area contributed by atoms with Gasteiger partial charge in [-0.3, -0.25) is 23.9 Å². The van der Waals surface area contributed by atoms with Gasteiger partial charge in [0.05, 0.1) is 16.4 Å². The number of carbonyl (C=O) groups excluding carboxylic acids is 3. The number of halogens is 2. The maximum absolute atomic E-state index is 14.8. The number of thioether (sulfide) groups is 1. The van der Waals surface area contributed by atoms with Gasteiger partial charge >= 0.3 is 0 Å². The molecule has 0 radical (unpaired) electrons. The zero-order valence-corrected chi connectivity index (χ0v) is 30.1. The van der Waals surface area contributed by atoms with Gasteiger partial charge < -0.3 is 16.0 Å². The number of nitrogens with zero attached hydrogens (tertiary/aromatic N) is 2. The molecule has 3 amide bonds. The second-order valence-corrected chi connectivity index (χ2v) is 13.4. The number of nitrogens with one attached hydrogen (secondary N) is 3. The first kappa shape index (κ1) is 36.6. The van der Waals surface area contributed by atoms with Crippen LogP contribution in [0, 0.1) is 12.7 Å². The third kappa shape index (κ3) is 8.49. The maximum Gasteiger partial charge on any atom is 0.295 e. The lowest BCUT2D eigenvalue weighted by Gasteiger charge is -2.17. The van der Waals surface area contributed by atoms with E-state index in [-0.39, 0.29) is 27.5 Å². The largest absolute Gasteiger partial charge is 0.321 e. The molecule has 0 aliphatic heterocycles. The van der Waals surface area contributed by atoms with E-state index >= 15 is 0 Å². The molecule has 1 unspecified atom stereocenters. The molecular formula is C41H33ClFN5O4S. The summed E-state index contributed by atoms with van der Waals surface area (Å²) >= 11 is 7.48. The van der Waals surface area contributed by atoms with Gasteiger partial charge in [0.1, 0.15) is 22.5 Å². The summed E-state index contributed by atoms with van der Waals surface area (Å²) in [6.07, 6.45) is 1.18. The molecular weight excluding hydrogens is 713 g/mol. The molecule has 12 heteroatoms. The average Bonchev–Trinajstić information content (AvgIpc) is 3.38. The van der Waals surface area contributed by atoms with Gasteiger partial charge in [0.2, 0.25) is 5.91 Å². The minimum absolute atomic E-state index is 0.0533. The molecule has 9 nitrogen and oxygen atoms in total. The molecule has 0 fully saturated rings. The van der Waals surface area contributed by atoms with Crippen LogP contribution in [0.1, 0.15) is 32.4 Å². The Morgan fingerprint density at radius 2 is 1.45 bits per heavy atom. The predicted octanol–water partition coefficient (Wildman–Crippen LogP) is 8.16. The minimum atomic E-state index is -0.796. The van der Waals surface area contributed by atoms with Crippen LogP contribution in [0.5, 0.6) is 0 Å². The zero-order valence-electron chi connectivity index (χ0n) is 28.5. The predicted molar refractivity (Wildman–Crippen MR) is 208 cm³/mol. The molecule has 6 aromatic rings. The normalized spacial score (nSPS) is 11.8. The number of carbonyl (C=O) groups is 3. The van der Waals surface area contributed by atoms with Gasteiger partial charge in [-0.05, 0) is 73.2 Å². The highest BCUT2D eigenvalue weighted by molar-refractivity contribution is 8.00. The lowest BCUT2D eigenvalue weighted by Crippen LogP contribution is -2.30. The second-order valence-electron chi connectivity index (χ2n) is 11.8. The van der Waals surface area contributed by atoms with E-state index in [2.05, 4.69) is 16.0 Å². The lowest BCUT2D eigenvalue weighted by molar-refractivity contribution is -0.116. The van der Waals surface area contributed by atoms with Gasteiger partial charge in [0, 0.05) is 28.8 Å². The number of aromatic nitrogens is 2. The van der Waals surface area contributed by atoms with Crippen LogP contribution in [0.15, 0.2) is 149 Å². The van der Waals surface area contributed by atoms with Crippen LogP contribution in [0.3, 0.4) is 0 Å². The van der Waals surface area contributed by atoms with Crippen LogP contribution in [0.25, 0.3) is 11.8 Å². The number of hydrogen-bond donors (Lipinski definition) is 3. The fraction of sp³-hybridized carbons (Fsp3) is 0.0732. The Hall–Kier alpha value is -6.17. The number of benzene rings is 5. The van der Waals surface area contributed by atoms with Crippen molar-refractivity contribution in [3.05, 3.63) is 183 Å². The van der Waals surface area contributed by atoms with Crippen LogP contribution in [0.2, 0.25) is 5.02 Å². The number of hydrogen-bond acceptors (Lipinski definition) is 5. The van der Waals surface area contributed by atoms with E-state index in [4.69, 9.17) is 11.6 Å². The van der Waals surface area contributed by atoms with Crippen LogP contribution < -0.4 is 21.5 Å². The van der Waals surface area contributed by atoms with E-state index in [1.165, 1.54) is 40.7 Å². The van der Waals surface area contributed by atoms with Gasteiger partial charge in [0.25, 0.3) is 17.4 Å². The van der Waals surface area contributed by atoms with E-state index in [0.717, 1.165) is 0 Å². The van der Waals surface area contributed by atoms with Crippen molar-refractivity contribution >= 4 is 58.5 Å². The van der Waals surface area contributed by atoms with E-state index in [1.807, 2.05) is 60.7 Å². The summed E-state index contributed by atoms with van der Waals surface area (Å²) in [5, 5.41) is 7.50. The van der Waals surface area contributed by atoms with Crippen molar-refractivity contribution in [2.45, 2.75) is 17.1 Å². The first-order chi connectivity index (χ1) is 25.6. The molecule has 5 aromatic carbocycles. The van der Waals surface area contributed by atoms with Gasteiger partial charge in [-0.1, -0.05) is 90.5 Å². The van der Waals surface area contributed by atoms with Crippen molar-refractivity contribution in [2.75, 3.05) is 10.6 Å². The Kier molecular flexibility index (Phi) is 11.4. The average molecular weight is 746 g/mol. The van der Waals surface area contributed by atoms with Gasteiger partial charge in [-0.25, -0.2) is 9.07 Å². The number of rotatable bonds is 11. The molecule has 0 saturated heterocycles.